The van der Waals surface area contributed by atoms with Gasteiger partial charge in [0.1, 0.15) is 0 Å². The Morgan fingerprint density at radius 3 is 2.69 bits per heavy atom. The molecule has 0 aliphatic heterocycles. The summed E-state index contributed by atoms with van der Waals surface area (Å²) in [5, 5.41) is 3.46. The minimum atomic E-state index is 0.618. The van der Waals surface area contributed by atoms with E-state index < -0.39 is 0 Å². The molecule has 1 nitrogen and oxygen atoms in total. The first-order valence-electron chi connectivity index (χ1n) is 6.09. The molecule has 0 aliphatic carbocycles. The molecule has 1 N–H and O–H groups in total. The van der Waals surface area contributed by atoms with Gasteiger partial charge in [0.05, 0.1) is 0 Å². The maximum atomic E-state index is 3.52. The zero-order valence-electron chi connectivity index (χ0n) is 10.5. The van der Waals surface area contributed by atoms with E-state index in [9.17, 15) is 0 Å². The Kier molecular flexibility index (Phi) is 6.07. The van der Waals surface area contributed by atoms with Crippen molar-refractivity contribution in [2.75, 3.05) is 6.54 Å². The zero-order chi connectivity index (χ0) is 12.0. The lowest BCUT2D eigenvalue weighted by atomic mass is 9.95. The van der Waals surface area contributed by atoms with Crippen molar-refractivity contribution in [3.63, 3.8) is 0 Å². The third kappa shape index (κ3) is 5.13. The SMILES string of the molecule is CCNC(C)CC(C)Cc1cccc(Br)c1. The molecule has 2 heteroatoms. The van der Waals surface area contributed by atoms with E-state index in [1.807, 2.05) is 0 Å². The molecule has 90 valence electrons. The van der Waals surface area contributed by atoms with Crippen LogP contribution in [0.25, 0.3) is 0 Å². The van der Waals surface area contributed by atoms with Gasteiger partial charge >= 0.3 is 0 Å². The maximum Gasteiger partial charge on any atom is 0.0177 e. The van der Waals surface area contributed by atoms with Gasteiger partial charge in [0.15, 0.2) is 0 Å². The van der Waals surface area contributed by atoms with Crippen molar-refractivity contribution >= 4 is 15.9 Å². The summed E-state index contributed by atoms with van der Waals surface area (Å²) < 4.78 is 1.18. The van der Waals surface area contributed by atoms with Crippen LogP contribution in [0, 0.1) is 5.92 Å². The molecular weight excluding hydrogens is 262 g/mol. The van der Waals surface area contributed by atoms with Gasteiger partial charge in [-0.25, -0.2) is 0 Å². The maximum absolute atomic E-state index is 3.52. The summed E-state index contributed by atoms with van der Waals surface area (Å²) in [6.07, 6.45) is 2.40. The van der Waals surface area contributed by atoms with Crippen LogP contribution in [-0.4, -0.2) is 12.6 Å². The molecule has 16 heavy (non-hydrogen) atoms. The van der Waals surface area contributed by atoms with E-state index in [2.05, 4.69) is 66.3 Å². The van der Waals surface area contributed by atoms with Gasteiger partial charge in [0.2, 0.25) is 0 Å². The Morgan fingerprint density at radius 1 is 1.31 bits per heavy atom. The van der Waals surface area contributed by atoms with Crippen molar-refractivity contribution in [2.24, 2.45) is 5.92 Å². The molecule has 2 atom stereocenters. The second-order valence-corrected chi connectivity index (χ2v) is 5.55. The van der Waals surface area contributed by atoms with Gasteiger partial charge in [-0.05, 0) is 49.9 Å². The van der Waals surface area contributed by atoms with Gasteiger partial charge < -0.3 is 5.32 Å². The predicted molar refractivity (Wildman–Crippen MR) is 74.8 cm³/mol. The molecule has 1 aromatic rings. The topological polar surface area (TPSA) is 12.0 Å². The average molecular weight is 284 g/mol. The number of halogens is 1. The fourth-order valence-electron chi connectivity index (χ4n) is 2.18. The molecule has 0 fully saturated rings. The second-order valence-electron chi connectivity index (χ2n) is 4.63. The minimum Gasteiger partial charge on any atom is -0.315 e. The summed E-state index contributed by atoms with van der Waals surface area (Å²) in [5.74, 6) is 0.725. The number of nitrogens with one attached hydrogen (secondary N) is 1. The van der Waals surface area contributed by atoms with E-state index in [1.165, 1.54) is 16.5 Å². The van der Waals surface area contributed by atoms with E-state index in [1.54, 1.807) is 0 Å². The van der Waals surface area contributed by atoms with Crippen molar-refractivity contribution in [3.05, 3.63) is 34.3 Å². The summed E-state index contributed by atoms with van der Waals surface area (Å²) in [6.45, 7) is 7.82. The summed E-state index contributed by atoms with van der Waals surface area (Å²) in [7, 11) is 0. The highest BCUT2D eigenvalue weighted by atomic mass is 79.9. The Balaban J connectivity index is 2.42. The Labute approximate surface area is 108 Å². The van der Waals surface area contributed by atoms with E-state index >= 15 is 0 Å². The van der Waals surface area contributed by atoms with Crippen LogP contribution in [0.1, 0.15) is 32.8 Å². The fraction of sp³-hybridized carbons (Fsp3) is 0.571. The third-order valence-electron chi connectivity index (χ3n) is 2.78. The zero-order valence-corrected chi connectivity index (χ0v) is 12.0. The number of rotatable bonds is 6. The summed E-state index contributed by atoms with van der Waals surface area (Å²) >= 11 is 3.52. The molecule has 0 aromatic heterocycles. The lowest BCUT2D eigenvalue weighted by molar-refractivity contribution is 0.426. The minimum absolute atomic E-state index is 0.618. The van der Waals surface area contributed by atoms with Gasteiger partial charge in [-0.1, -0.05) is 41.9 Å². The highest BCUT2D eigenvalue weighted by molar-refractivity contribution is 9.10. The molecule has 0 spiro atoms. The first-order valence-corrected chi connectivity index (χ1v) is 6.89. The van der Waals surface area contributed by atoms with Gasteiger partial charge in [0, 0.05) is 10.5 Å². The molecule has 0 radical (unpaired) electrons. The van der Waals surface area contributed by atoms with Crippen LogP contribution in [0.5, 0.6) is 0 Å². The third-order valence-corrected chi connectivity index (χ3v) is 3.27. The van der Waals surface area contributed by atoms with E-state index in [0.717, 1.165) is 18.9 Å². The molecule has 0 amide bonds. The monoisotopic (exact) mass is 283 g/mol. The van der Waals surface area contributed by atoms with E-state index in [-0.39, 0.29) is 0 Å². The molecule has 0 saturated carbocycles. The molecule has 0 bridgehead atoms. The highest BCUT2D eigenvalue weighted by Gasteiger charge is 2.08. The number of hydrogen-bond acceptors (Lipinski definition) is 1. The molecule has 1 aromatic carbocycles. The Morgan fingerprint density at radius 2 is 2.06 bits per heavy atom. The van der Waals surface area contributed by atoms with Crippen LogP contribution in [-0.2, 0) is 6.42 Å². The van der Waals surface area contributed by atoms with Gasteiger partial charge in [-0.15, -0.1) is 0 Å². The van der Waals surface area contributed by atoms with E-state index in [4.69, 9.17) is 0 Å². The summed E-state index contributed by atoms with van der Waals surface area (Å²) in [5.41, 5.74) is 1.42. The van der Waals surface area contributed by atoms with Crippen LogP contribution in [0.15, 0.2) is 28.7 Å². The highest BCUT2D eigenvalue weighted by Crippen LogP contribution is 2.17. The molecule has 0 saturated heterocycles. The van der Waals surface area contributed by atoms with Crippen molar-refractivity contribution in [3.8, 4) is 0 Å². The lowest BCUT2D eigenvalue weighted by Gasteiger charge is -2.18. The fourth-order valence-corrected chi connectivity index (χ4v) is 2.63. The summed E-state index contributed by atoms with van der Waals surface area (Å²) in [6, 6.07) is 9.23. The Hall–Kier alpha value is -0.340. The first kappa shape index (κ1) is 13.7. The molecular formula is C14H22BrN. The van der Waals surface area contributed by atoms with Crippen molar-refractivity contribution in [1.82, 2.24) is 5.32 Å². The van der Waals surface area contributed by atoms with E-state index in [0.29, 0.717) is 6.04 Å². The molecule has 0 aliphatic rings. The average Bonchev–Trinajstić information content (AvgIpc) is 2.17. The largest absolute Gasteiger partial charge is 0.315 e. The van der Waals surface area contributed by atoms with Crippen LogP contribution in [0.4, 0.5) is 0 Å². The van der Waals surface area contributed by atoms with Crippen molar-refractivity contribution in [2.45, 2.75) is 39.7 Å². The molecule has 1 rings (SSSR count). The quantitative estimate of drug-likeness (QED) is 0.832. The van der Waals surface area contributed by atoms with Gasteiger partial charge in [-0.3, -0.25) is 0 Å². The molecule has 2 unspecified atom stereocenters. The van der Waals surface area contributed by atoms with Crippen LogP contribution >= 0.6 is 15.9 Å². The normalized spacial score (nSPS) is 14.8. The molecule has 0 heterocycles. The number of hydrogen-bond donors (Lipinski definition) is 1. The van der Waals surface area contributed by atoms with Crippen LogP contribution in [0.2, 0.25) is 0 Å². The second kappa shape index (κ2) is 7.08. The predicted octanol–water partition coefficient (Wildman–Crippen LogP) is 4.02. The summed E-state index contributed by atoms with van der Waals surface area (Å²) in [4.78, 5) is 0. The standard InChI is InChI=1S/C14H22BrN/c1-4-16-12(3)8-11(2)9-13-6-5-7-14(15)10-13/h5-7,10-12,16H,4,8-9H2,1-3H3. The lowest BCUT2D eigenvalue weighted by Crippen LogP contribution is -2.27. The Bertz CT molecular complexity index is 311. The number of benzene rings is 1. The van der Waals surface area contributed by atoms with Crippen molar-refractivity contribution in [1.29, 1.82) is 0 Å². The first-order chi connectivity index (χ1) is 7.61. The van der Waals surface area contributed by atoms with Crippen molar-refractivity contribution < 1.29 is 0 Å². The van der Waals surface area contributed by atoms with Crippen LogP contribution in [0.3, 0.4) is 0 Å². The van der Waals surface area contributed by atoms with Gasteiger partial charge in [0.25, 0.3) is 0 Å². The smallest absolute Gasteiger partial charge is 0.0177 e. The van der Waals surface area contributed by atoms with Gasteiger partial charge in [-0.2, -0.15) is 0 Å². The van der Waals surface area contributed by atoms with Crippen LogP contribution < -0.4 is 5.32 Å².